The number of aryl methyl sites for hydroxylation is 1. The second kappa shape index (κ2) is 12.0. The smallest absolute Gasteiger partial charge is 0.233 e. The van der Waals surface area contributed by atoms with Gasteiger partial charge in [-0.3, -0.25) is 9.79 Å². The average molecular weight is 582 g/mol. The molecule has 1 aliphatic rings. The van der Waals surface area contributed by atoms with E-state index in [0.29, 0.717) is 6.54 Å². The van der Waals surface area contributed by atoms with Crippen molar-refractivity contribution in [2.24, 2.45) is 4.99 Å². The van der Waals surface area contributed by atoms with Crippen molar-refractivity contribution in [2.45, 2.75) is 19.3 Å². The number of nitrogens with zero attached hydrogens (tertiary/aromatic N) is 1. The summed E-state index contributed by atoms with van der Waals surface area (Å²) in [6.45, 7) is 2.72. The first-order chi connectivity index (χ1) is 19.0. The molecular weight excluding hydrogens is 552 g/mol. The highest BCUT2D eigenvalue weighted by molar-refractivity contribution is 9.10. The lowest BCUT2D eigenvalue weighted by molar-refractivity contribution is -0.116. The fourth-order valence-electron chi connectivity index (χ4n) is 4.53. The Morgan fingerprint density at radius 3 is 2.54 bits per heavy atom. The molecule has 196 valence electrons. The van der Waals surface area contributed by atoms with Gasteiger partial charge in [-0.1, -0.05) is 77.5 Å². The molecule has 2 heterocycles. The van der Waals surface area contributed by atoms with Crippen LogP contribution >= 0.6 is 15.9 Å². The average Bonchev–Trinajstić information content (AvgIpc) is 3.45. The molecule has 0 saturated carbocycles. The molecular formula is C32H29BrN4O2. The molecule has 5 aromatic rings. The van der Waals surface area contributed by atoms with Crippen molar-refractivity contribution < 1.29 is 9.90 Å². The Labute approximate surface area is 236 Å². The molecule has 6 rings (SSSR count). The molecule has 0 bridgehead atoms. The van der Waals surface area contributed by atoms with Crippen LogP contribution < -0.4 is 10.6 Å². The van der Waals surface area contributed by atoms with E-state index in [9.17, 15) is 9.90 Å². The predicted molar refractivity (Wildman–Crippen MR) is 163 cm³/mol. The second-order valence-corrected chi connectivity index (χ2v) is 10.1. The number of rotatable bonds is 6. The van der Waals surface area contributed by atoms with Crippen molar-refractivity contribution in [1.29, 1.82) is 0 Å². The first-order valence-corrected chi connectivity index (χ1v) is 13.6. The van der Waals surface area contributed by atoms with Crippen molar-refractivity contribution in [3.8, 4) is 5.88 Å². The summed E-state index contributed by atoms with van der Waals surface area (Å²) < 4.78 is 1.02. The van der Waals surface area contributed by atoms with Crippen molar-refractivity contribution >= 4 is 56.0 Å². The third kappa shape index (κ3) is 6.21. The number of aromatic nitrogens is 1. The summed E-state index contributed by atoms with van der Waals surface area (Å²) in [7, 11) is 0. The maximum Gasteiger partial charge on any atom is 0.233 e. The normalized spacial score (nSPS) is 14.1. The predicted octanol–water partition coefficient (Wildman–Crippen LogP) is 7.78. The molecule has 39 heavy (non-hydrogen) atoms. The minimum absolute atomic E-state index is 0.0590. The highest BCUT2D eigenvalue weighted by atomic mass is 79.9. The molecule has 4 aromatic carbocycles. The van der Waals surface area contributed by atoms with Crippen LogP contribution in [0.25, 0.3) is 10.9 Å². The van der Waals surface area contributed by atoms with Gasteiger partial charge in [0.25, 0.3) is 0 Å². The Kier molecular flexibility index (Phi) is 8.08. The largest absolute Gasteiger partial charge is 0.494 e. The summed E-state index contributed by atoms with van der Waals surface area (Å²) in [5.41, 5.74) is 6.80. The van der Waals surface area contributed by atoms with Gasteiger partial charge in [0.2, 0.25) is 5.91 Å². The Balaban J connectivity index is 0.000000158. The number of carbonyl (C=O) groups excluding carboxylic acids is 1. The highest BCUT2D eigenvalue weighted by Crippen LogP contribution is 2.32. The molecule has 7 heteroatoms. The summed E-state index contributed by atoms with van der Waals surface area (Å²) in [6.07, 6.45) is 2.72. The summed E-state index contributed by atoms with van der Waals surface area (Å²) in [6, 6.07) is 31.7. The zero-order valence-electron chi connectivity index (χ0n) is 21.5. The number of aliphatic imine (C=N–C) groups is 1. The van der Waals surface area contributed by atoms with Crippen molar-refractivity contribution in [3.05, 3.63) is 118 Å². The van der Waals surface area contributed by atoms with Crippen LogP contribution in [0.5, 0.6) is 5.88 Å². The Hall–Kier alpha value is -4.36. The Bertz CT molecular complexity index is 1630. The van der Waals surface area contributed by atoms with E-state index < -0.39 is 0 Å². The minimum atomic E-state index is -0.129. The lowest BCUT2D eigenvalue weighted by Gasteiger charge is -2.11. The van der Waals surface area contributed by atoms with E-state index >= 15 is 0 Å². The third-order valence-corrected chi connectivity index (χ3v) is 7.15. The maximum absolute atomic E-state index is 12.0. The summed E-state index contributed by atoms with van der Waals surface area (Å²) >= 11 is 3.43. The lowest BCUT2D eigenvalue weighted by Crippen LogP contribution is -2.20. The minimum Gasteiger partial charge on any atom is -0.494 e. The van der Waals surface area contributed by atoms with E-state index in [2.05, 4.69) is 55.6 Å². The first kappa shape index (κ1) is 26.3. The van der Waals surface area contributed by atoms with Gasteiger partial charge in [-0.25, -0.2) is 0 Å². The fraction of sp³-hybridized carbons (Fsp3) is 0.125. The number of aromatic amines is 1. The standard InChI is InChI=1S/C17H16N2O.C15H13BrN2O/c1-2-12-7-9-13(10-8-12)18-11-15-14-5-3-4-6-16(14)19-17(15)20;16-10-4-3-5-11(8-10)17-9-13-12-6-1-2-7-14(12)18-15(13)19/h3-11,19-20H,2H2,1H3;1-8,13,17H,9H2,(H,18,19). The fourth-order valence-corrected chi connectivity index (χ4v) is 4.93. The lowest BCUT2D eigenvalue weighted by atomic mass is 10.0. The number of carbonyl (C=O) groups is 1. The molecule has 0 aliphatic carbocycles. The number of amides is 1. The van der Waals surface area contributed by atoms with E-state index in [1.54, 1.807) is 6.21 Å². The second-order valence-electron chi connectivity index (χ2n) is 9.23. The van der Waals surface area contributed by atoms with Crippen LogP contribution in [0.2, 0.25) is 0 Å². The van der Waals surface area contributed by atoms with E-state index in [1.807, 2.05) is 84.9 Å². The van der Waals surface area contributed by atoms with E-state index in [4.69, 9.17) is 0 Å². The van der Waals surface area contributed by atoms with Gasteiger partial charge in [0.1, 0.15) is 0 Å². The molecule has 1 amide bonds. The quantitative estimate of drug-likeness (QED) is 0.154. The van der Waals surface area contributed by atoms with Crippen LogP contribution in [-0.2, 0) is 11.2 Å². The molecule has 1 aromatic heterocycles. The topological polar surface area (TPSA) is 89.5 Å². The highest BCUT2D eigenvalue weighted by Gasteiger charge is 2.29. The van der Waals surface area contributed by atoms with Gasteiger partial charge in [0.15, 0.2) is 5.88 Å². The number of hydrogen-bond donors (Lipinski definition) is 4. The van der Waals surface area contributed by atoms with Crippen LogP contribution in [0.3, 0.4) is 0 Å². The third-order valence-electron chi connectivity index (χ3n) is 6.66. The number of hydrogen-bond acceptors (Lipinski definition) is 4. The van der Waals surface area contributed by atoms with Crippen LogP contribution in [0.1, 0.15) is 29.5 Å². The molecule has 1 aliphatic heterocycles. The number of halogens is 1. The number of H-pyrrole nitrogens is 1. The number of fused-ring (bicyclic) bond motifs is 2. The van der Waals surface area contributed by atoms with Crippen LogP contribution in [0.4, 0.5) is 17.1 Å². The Morgan fingerprint density at radius 1 is 0.974 bits per heavy atom. The van der Waals surface area contributed by atoms with Crippen molar-refractivity contribution in [2.75, 3.05) is 17.2 Å². The number of para-hydroxylation sites is 2. The number of aromatic hydroxyl groups is 1. The number of benzene rings is 4. The first-order valence-electron chi connectivity index (χ1n) is 12.8. The van der Waals surface area contributed by atoms with E-state index in [-0.39, 0.29) is 17.7 Å². The zero-order chi connectivity index (χ0) is 27.2. The van der Waals surface area contributed by atoms with Crippen LogP contribution in [0.15, 0.2) is 107 Å². The Morgan fingerprint density at radius 2 is 1.74 bits per heavy atom. The van der Waals surface area contributed by atoms with Gasteiger partial charge in [-0.05, 0) is 60.0 Å². The summed E-state index contributed by atoms with van der Waals surface area (Å²) in [4.78, 5) is 19.3. The molecule has 0 saturated heterocycles. The maximum atomic E-state index is 12.0. The summed E-state index contributed by atoms with van der Waals surface area (Å²) in [5, 5.41) is 17.1. The molecule has 1 atom stereocenters. The SMILES string of the molecule is CCc1ccc(N=Cc2c(O)[nH]c3ccccc23)cc1.O=C1Nc2ccccc2C1CNc1cccc(Br)c1. The molecule has 0 radical (unpaired) electrons. The van der Waals surface area contributed by atoms with Crippen molar-refractivity contribution in [3.63, 3.8) is 0 Å². The molecule has 6 nitrogen and oxygen atoms in total. The van der Waals surface area contributed by atoms with Gasteiger partial charge in [0, 0.05) is 39.5 Å². The molecule has 0 spiro atoms. The van der Waals surface area contributed by atoms with Gasteiger partial charge in [0.05, 0.1) is 17.2 Å². The van der Waals surface area contributed by atoms with Gasteiger partial charge in [-0.15, -0.1) is 0 Å². The summed E-state index contributed by atoms with van der Waals surface area (Å²) in [5.74, 6) is 0.0824. The number of nitrogens with one attached hydrogen (secondary N) is 3. The van der Waals surface area contributed by atoms with E-state index in [0.717, 1.165) is 50.0 Å². The molecule has 4 N–H and O–H groups in total. The van der Waals surface area contributed by atoms with Crippen molar-refractivity contribution in [1.82, 2.24) is 4.98 Å². The molecule has 0 fully saturated rings. The van der Waals surface area contributed by atoms with Gasteiger partial charge >= 0.3 is 0 Å². The number of anilines is 2. The van der Waals surface area contributed by atoms with E-state index in [1.165, 1.54) is 5.56 Å². The van der Waals surface area contributed by atoms with Crippen LogP contribution in [-0.4, -0.2) is 28.8 Å². The van der Waals surface area contributed by atoms with Crippen LogP contribution in [0, 0.1) is 0 Å². The zero-order valence-corrected chi connectivity index (χ0v) is 23.1. The monoisotopic (exact) mass is 580 g/mol. The molecule has 1 unspecified atom stereocenters. The van der Waals surface area contributed by atoms with Gasteiger partial charge < -0.3 is 20.7 Å². The van der Waals surface area contributed by atoms with Gasteiger partial charge in [-0.2, -0.15) is 0 Å².